The molecular weight excluding hydrogens is 347 g/mol. The first-order valence-corrected chi connectivity index (χ1v) is 8.23. The summed E-state index contributed by atoms with van der Waals surface area (Å²) in [7, 11) is 0. The van der Waals surface area contributed by atoms with Crippen LogP contribution >= 0.6 is 0 Å². The van der Waals surface area contributed by atoms with Gasteiger partial charge in [0.2, 0.25) is 0 Å². The lowest BCUT2D eigenvalue weighted by Gasteiger charge is -2.14. The summed E-state index contributed by atoms with van der Waals surface area (Å²) < 4.78 is 43.8. The highest BCUT2D eigenvalue weighted by molar-refractivity contribution is 5.95. The predicted molar refractivity (Wildman–Crippen MR) is 90.3 cm³/mol. The van der Waals surface area contributed by atoms with Gasteiger partial charge in [-0.05, 0) is 49.7 Å². The zero-order valence-corrected chi connectivity index (χ0v) is 13.8. The van der Waals surface area contributed by atoms with Crippen molar-refractivity contribution < 1.29 is 22.7 Å². The molecule has 1 aromatic carbocycles. The standard InChI is InChI=1S/C18H18F3N3O2/c19-18(20,21)12-4-1-5-13(10-12)24-16-15(7-3-9-23-16)17(25)26-11-14-6-2-8-22-14/h1,3-5,7,9-10,14,22H,2,6,8,11H2,(H,23,24). The van der Waals surface area contributed by atoms with Crippen LogP contribution in [0.5, 0.6) is 0 Å². The van der Waals surface area contributed by atoms with Crippen LogP contribution in [0, 0.1) is 0 Å². The summed E-state index contributed by atoms with van der Waals surface area (Å²) in [6.07, 6.45) is -1.02. The second kappa shape index (κ2) is 7.74. The Morgan fingerprint density at radius 2 is 2.15 bits per heavy atom. The Kier molecular flexibility index (Phi) is 5.41. The van der Waals surface area contributed by atoms with Crippen LogP contribution in [0.1, 0.15) is 28.8 Å². The molecule has 1 aliphatic rings. The van der Waals surface area contributed by atoms with Gasteiger partial charge in [-0.25, -0.2) is 9.78 Å². The van der Waals surface area contributed by atoms with Gasteiger partial charge in [-0.15, -0.1) is 0 Å². The molecule has 2 aromatic rings. The van der Waals surface area contributed by atoms with Crippen LogP contribution in [-0.4, -0.2) is 30.1 Å². The van der Waals surface area contributed by atoms with Gasteiger partial charge in [0.15, 0.2) is 0 Å². The van der Waals surface area contributed by atoms with E-state index in [1.807, 2.05) is 0 Å². The molecule has 0 amide bonds. The SMILES string of the molecule is O=C(OCC1CCCN1)c1cccnc1Nc1cccc(C(F)(F)F)c1. The average molecular weight is 365 g/mol. The number of hydrogen-bond donors (Lipinski definition) is 2. The number of pyridine rings is 1. The molecule has 1 aromatic heterocycles. The van der Waals surface area contributed by atoms with Crippen molar-refractivity contribution in [1.82, 2.24) is 10.3 Å². The monoisotopic (exact) mass is 365 g/mol. The Morgan fingerprint density at radius 1 is 1.31 bits per heavy atom. The molecule has 1 aliphatic heterocycles. The van der Waals surface area contributed by atoms with Gasteiger partial charge in [0.25, 0.3) is 0 Å². The van der Waals surface area contributed by atoms with Gasteiger partial charge in [-0.2, -0.15) is 13.2 Å². The highest BCUT2D eigenvalue weighted by atomic mass is 19.4. The number of aromatic nitrogens is 1. The molecule has 1 saturated heterocycles. The molecule has 138 valence electrons. The molecule has 0 aliphatic carbocycles. The van der Waals surface area contributed by atoms with E-state index in [0.717, 1.165) is 31.5 Å². The number of halogens is 3. The smallest absolute Gasteiger partial charge is 0.416 e. The van der Waals surface area contributed by atoms with Crippen molar-refractivity contribution in [3.63, 3.8) is 0 Å². The van der Waals surface area contributed by atoms with Gasteiger partial charge in [0.1, 0.15) is 18.0 Å². The number of nitrogens with one attached hydrogen (secondary N) is 2. The maximum atomic E-state index is 12.8. The lowest BCUT2D eigenvalue weighted by Crippen LogP contribution is -2.28. The van der Waals surface area contributed by atoms with E-state index < -0.39 is 17.7 Å². The van der Waals surface area contributed by atoms with Crippen molar-refractivity contribution in [2.24, 2.45) is 0 Å². The summed E-state index contributed by atoms with van der Waals surface area (Å²) in [6.45, 7) is 1.15. The molecule has 0 bridgehead atoms. The van der Waals surface area contributed by atoms with Crippen molar-refractivity contribution >= 4 is 17.5 Å². The van der Waals surface area contributed by atoms with E-state index >= 15 is 0 Å². The predicted octanol–water partition coefficient (Wildman–Crippen LogP) is 3.75. The van der Waals surface area contributed by atoms with Crippen LogP contribution in [-0.2, 0) is 10.9 Å². The van der Waals surface area contributed by atoms with Crippen LogP contribution in [0.4, 0.5) is 24.7 Å². The van der Waals surface area contributed by atoms with Crippen molar-refractivity contribution in [3.8, 4) is 0 Å². The molecule has 0 saturated carbocycles. The lowest BCUT2D eigenvalue weighted by atomic mass is 10.2. The van der Waals surface area contributed by atoms with Crippen LogP contribution in [0.15, 0.2) is 42.6 Å². The number of ether oxygens (including phenoxy) is 1. The maximum Gasteiger partial charge on any atom is 0.416 e. The van der Waals surface area contributed by atoms with Gasteiger partial charge in [-0.3, -0.25) is 0 Å². The van der Waals surface area contributed by atoms with Crippen molar-refractivity contribution in [3.05, 3.63) is 53.7 Å². The molecule has 3 rings (SSSR count). The Labute approximate surface area is 148 Å². The second-order valence-corrected chi connectivity index (χ2v) is 5.99. The van der Waals surface area contributed by atoms with E-state index in [1.165, 1.54) is 24.4 Å². The minimum absolute atomic E-state index is 0.135. The molecular formula is C18H18F3N3O2. The Balaban J connectivity index is 1.73. The van der Waals surface area contributed by atoms with E-state index in [1.54, 1.807) is 6.07 Å². The highest BCUT2D eigenvalue weighted by Gasteiger charge is 2.30. The first kappa shape index (κ1) is 18.2. The van der Waals surface area contributed by atoms with E-state index in [0.29, 0.717) is 0 Å². The normalized spacial score (nSPS) is 17.1. The van der Waals surface area contributed by atoms with Crippen LogP contribution in [0.25, 0.3) is 0 Å². The Bertz CT molecular complexity index is 774. The molecule has 2 heterocycles. The maximum absolute atomic E-state index is 12.8. The summed E-state index contributed by atoms with van der Waals surface area (Å²) in [6, 6.07) is 7.93. The highest BCUT2D eigenvalue weighted by Crippen LogP contribution is 2.31. The zero-order valence-electron chi connectivity index (χ0n) is 13.8. The fourth-order valence-corrected chi connectivity index (χ4v) is 2.73. The largest absolute Gasteiger partial charge is 0.460 e. The topological polar surface area (TPSA) is 63.2 Å². The van der Waals surface area contributed by atoms with Crippen molar-refractivity contribution in [2.75, 3.05) is 18.5 Å². The van der Waals surface area contributed by atoms with Gasteiger partial charge in [-0.1, -0.05) is 6.07 Å². The third kappa shape index (κ3) is 4.51. The molecule has 26 heavy (non-hydrogen) atoms. The number of nitrogens with zero attached hydrogens (tertiary/aromatic N) is 1. The molecule has 0 radical (unpaired) electrons. The summed E-state index contributed by atoms with van der Waals surface area (Å²) in [4.78, 5) is 16.4. The molecule has 5 nitrogen and oxygen atoms in total. The summed E-state index contributed by atoms with van der Waals surface area (Å²) >= 11 is 0. The van der Waals surface area contributed by atoms with Gasteiger partial charge in [0.05, 0.1) is 5.56 Å². The lowest BCUT2D eigenvalue weighted by molar-refractivity contribution is -0.137. The Morgan fingerprint density at radius 3 is 2.88 bits per heavy atom. The van der Waals surface area contributed by atoms with E-state index in [4.69, 9.17) is 4.74 Å². The fourth-order valence-electron chi connectivity index (χ4n) is 2.73. The third-order valence-corrected chi connectivity index (χ3v) is 4.06. The number of carbonyl (C=O) groups is 1. The van der Waals surface area contributed by atoms with E-state index in [-0.39, 0.29) is 29.7 Å². The number of benzene rings is 1. The van der Waals surface area contributed by atoms with Crippen LogP contribution < -0.4 is 10.6 Å². The minimum Gasteiger partial charge on any atom is -0.460 e. The van der Waals surface area contributed by atoms with Gasteiger partial charge < -0.3 is 15.4 Å². The molecule has 1 atom stereocenters. The number of carbonyl (C=O) groups excluding carboxylic acids is 1. The quantitative estimate of drug-likeness (QED) is 0.790. The zero-order chi connectivity index (χ0) is 18.6. The molecule has 1 unspecified atom stereocenters. The van der Waals surface area contributed by atoms with Gasteiger partial charge >= 0.3 is 12.1 Å². The minimum atomic E-state index is -4.45. The van der Waals surface area contributed by atoms with Crippen LogP contribution in [0.2, 0.25) is 0 Å². The first-order chi connectivity index (χ1) is 12.4. The Hall–Kier alpha value is -2.61. The molecule has 0 spiro atoms. The first-order valence-electron chi connectivity index (χ1n) is 8.23. The molecule has 8 heteroatoms. The van der Waals surface area contributed by atoms with Gasteiger partial charge in [0, 0.05) is 17.9 Å². The number of anilines is 2. The van der Waals surface area contributed by atoms with E-state index in [2.05, 4.69) is 15.6 Å². The summed E-state index contributed by atoms with van der Waals surface area (Å²) in [5, 5.41) is 5.99. The fraction of sp³-hybridized carbons (Fsp3) is 0.333. The van der Waals surface area contributed by atoms with Crippen molar-refractivity contribution in [1.29, 1.82) is 0 Å². The summed E-state index contributed by atoms with van der Waals surface area (Å²) in [5.41, 5.74) is -0.428. The molecule has 2 N–H and O–H groups in total. The third-order valence-electron chi connectivity index (χ3n) is 4.06. The number of hydrogen-bond acceptors (Lipinski definition) is 5. The van der Waals surface area contributed by atoms with Crippen LogP contribution in [0.3, 0.4) is 0 Å². The number of rotatable bonds is 5. The van der Waals surface area contributed by atoms with E-state index in [9.17, 15) is 18.0 Å². The second-order valence-electron chi connectivity index (χ2n) is 5.99. The molecule has 1 fully saturated rings. The number of alkyl halides is 3. The summed E-state index contributed by atoms with van der Waals surface area (Å²) in [5.74, 6) is -0.419. The van der Waals surface area contributed by atoms with Crippen molar-refractivity contribution in [2.45, 2.75) is 25.1 Å². The average Bonchev–Trinajstić information content (AvgIpc) is 3.13. The number of esters is 1.